The van der Waals surface area contributed by atoms with Crippen LogP contribution in [0.25, 0.3) is 0 Å². The molecule has 1 aromatic carbocycles. The van der Waals surface area contributed by atoms with Crippen molar-refractivity contribution in [2.75, 3.05) is 18.4 Å². The average molecular weight is 258 g/mol. The van der Waals surface area contributed by atoms with Gasteiger partial charge in [-0.05, 0) is 50.7 Å². The maximum Gasteiger partial charge on any atom is 0.256 e. The third kappa shape index (κ3) is 2.34. The van der Waals surface area contributed by atoms with Crippen LogP contribution in [0.15, 0.2) is 18.2 Å². The number of amides is 1. The molecule has 1 aromatic rings. The van der Waals surface area contributed by atoms with Crippen LogP contribution in [0.1, 0.15) is 48.5 Å². The highest BCUT2D eigenvalue weighted by atomic mass is 16.2. The van der Waals surface area contributed by atoms with Crippen LogP contribution in [-0.2, 0) is 6.42 Å². The summed E-state index contributed by atoms with van der Waals surface area (Å²) in [7, 11) is 0. The molecule has 0 aromatic heterocycles. The monoisotopic (exact) mass is 258 g/mol. The standard InChI is InChI=1S/C16H22N2O/c1-12-6-2-3-11-18(12)16(19)14-9-4-7-13-8-5-10-17-15(13)14/h4,7,9,12,17H,2-3,5-6,8,10-11H2,1H3. The van der Waals surface area contributed by atoms with E-state index in [0.717, 1.165) is 50.0 Å². The van der Waals surface area contributed by atoms with Gasteiger partial charge in [0.25, 0.3) is 5.91 Å². The lowest BCUT2D eigenvalue weighted by molar-refractivity contribution is 0.0636. The van der Waals surface area contributed by atoms with Crippen LogP contribution in [0.5, 0.6) is 0 Å². The fourth-order valence-corrected chi connectivity index (χ4v) is 3.24. The summed E-state index contributed by atoms with van der Waals surface area (Å²) in [5, 5.41) is 3.42. The molecule has 3 rings (SSSR count). The number of aryl methyl sites for hydroxylation is 1. The molecule has 0 radical (unpaired) electrons. The Morgan fingerprint density at radius 3 is 3.05 bits per heavy atom. The molecule has 1 saturated heterocycles. The number of carbonyl (C=O) groups is 1. The number of fused-ring (bicyclic) bond motifs is 1. The Balaban J connectivity index is 1.91. The highest BCUT2D eigenvalue weighted by Gasteiger charge is 2.27. The van der Waals surface area contributed by atoms with E-state index in [1.807, 2.05) is 12.1 Å². The van der Waals surface area contributed by atoms with Crippen LogP contribution in [-0.4, -0.2) is 29.9 Å². The highest BCUT2D eigenvalue weighted by molar-refractivity contribution is 6.00. The van der Waals surface area contributed by atoms with Crippen molar-refractivity contribution in [3.63, 3.8) is 0 Å². The third-order valence-corrected chi connectivity index (χ3v) is 4.37. The minimum absolute atomic E-state index is 0.207. The summed E-state index contributed by atoms with van der Waals surface area (Å²) in [6, 6.07) is 6.51. The lowest BCUT2D eigenvalue weighted by Crippen LogP contribution is -2.42. The molecular weight excluding hydrogens is 236 g/mol. The van der Waals surface area contributed by atoms with Gasteiger partial charge in [0.2, 0.25) is 0 Å². The van der Waals surface area contributed by atoms with Crippen molar-refractivity contribution < 1.29 is 4.79 Å². The van der Waals surface area contributed by atoms with Gasteiger partial charge in [-0.2, -0.15) is 0 Å². The maximum absolute atomic E-state index is 12.8. The van der Waals surface area contributed by atoms with Gasteiger partial charge in [0, 0.05) is 19.1 Å². The zero-order chi connectivity index (χ0) is 13.2. The van der Waals surface area contributed by atoms with Crippen LogP contribution < -0.4 is 5.32 Å². The molecule has 0 aliphatic carbocycles. The van der Waals surface area contributed by atoms with E-state index in [2.05, 4.69) is 23.2 Å². The summed E-state index contributed by atoms with van der Waals surface area (Å²) >= 11 is 0. The second kappa shape index (κ2) is 5.24. The van der Waals surface area contributed by atoms with Gasteiger partial charge in [0.05, 0.1) is 11.3 Å². The lowest BCUT2D eigenvalue weighted by atomic mass is 9.97. The number of piperidine rings is 1. The van der Waals surface area contributed by atoms with Gasteiger partial charge in [-0.3, -0.25) is 4.79 Å². The van der Waals surface area contributed by atoms with E-state index < -0.39 is 0 Å². The van der Waals surface area contributed by atoms with Crippen LogP contribution >= 0.6 is 0 Å². The van der Waals surface area contributed by atoms with Crippen LogP contribution in [0.4, 0.5) is 5.69 Å². The summed E-state index contributed by atoms with van der Waals surface area (Å²) < 4.78 is 0. The molecule has 0 bridgehead atoms. The van der Waals surface area contributed by atoms with E-state index in [9.17, 15) is 4.79 Å². The molecule has 19 heavy (non-hydrogen) atoms. The number of likely N-dealkylation sites (tertiary alicyclic amines) is 1. The summed E-state index contributed by atoms with van der Waals surface area (Å²) in [4.78, 5) is 14.8. The second-order valence-electron chi connectivity index (χ2n) is 5.71. The minimum atomic E-state index is 0.207. The quantitative estimate of drug-likeness (QED) is 0.839. The third-order valence-electron chi connectivity index (χ3n) is 4.37. The Bertz CT molecular complexity index is 484. The number of benzene rings is 1. The van der Waals surface area contributed by atoms with Crippen molar-refractivity contribution >= 4 is 11.6 Å². The smallest absolute Gasteiger partial charge is 0.256 e. The fraction of sp³-hybridized carbons (Fsp3) is 0.562. The lowest BCUT2D eigenvalue weighted by Gasteiger charge is -2.34. The molecular formula is C16H22N2O. The number of carbonyl (C=O) groups excluding carboxylic acids is 1. The Hall–Kier alpha value is -1.51. The van der Waals surface area contributed by atoms with E-state index in [-0.39, 0.29) is 5.91 Å². The van der Waals surface area contributed by atoms with Gasteiger partial charge in [0.15, 0.2) is 0 Å². The van der Waals surface area contributed by atoms with E-state index in [4.69, 9.17) is 0 Å². The first-order chi connectivity index (χ1) is 9.27. The Labute approximate surface area is 115 Å². The first-order valence-electron chi connectivity index (χ1n) is 7.44. The molecule has 1 unspecified atom stereocenters. The van der Waals surface area contributed by atoms with Crippen molar-refractivity contribution in [1.82, 2.24) is 4.90 Å². The number of nitrogens with zero attached hydrogens (tertiary/aromatic N) is 1. The predicted octanol–water partition coefficient (Wildman–Crippen LogP) is 3.06. The summed E-state index contributed by atoms with van der Waals surface area (Å²) in [5.74, 6) is 0.207. The van der Waals surface area contributed by atoms with Crippen LogP contribution in [0.2, 0.25) is 0 Å². The molecule has 0 saturated carbocycles. The summed E-state index contributed by atoms with van der Waals surface area (Å²) in [6.45, 7) is 4.05. The van der Waals surface area contributed by atoms with Gasteiger partial charge in [-0.15, -0.1) is 0 Å². The van der Waals surface area contributed by atoms with Crippen LogP contribution in [0, 0.1) is 0 Å². The fourth-order valence-electron chi connectivity index (χ4n) is 3.24. The van der Waals surface area contributed by atoms with Crippen molar-refractivity contribution in [3.05, 3.63) is 29.3 Å². The van der Waals surface area contributed by atoms with E-state index in [1.54, 1.807) is 0 Å². The Morgan fingerprint density at radius 2 is 2.21 bits per heavy atom. The van der Waals surface area contributed by atoms with Crippen molar-refractivity contribution in [1.29, 1.82) is 0 Å². The number of hydrogen-bond donors (Lipinski definition) is 1. The molecule has 3 nitrogen and oxygen atoms in total. The van der Waals surface area contributed by atoms with Crippen molar-refractivity contribution in [2.45, 2.75) is 45.1 Å². The largest absolute Gasteiger partial charge is 0.384 e. The van der Waals surface area contributed by atoms with E-state index in [0.29, 0.717) is 6.04 Å². The normalized spacial score (nSPS) is 22.6. The SMILES string of the molecule is CC1CCCCN1C(=O)c1cccc2c1NCCC2. The summed E-state index contributed by atoms with van der Waals surface area (Å²) in [5.41, 5.74) is 3.24. The van der Waals surface area contributed by atoms with Gasteiger partial charge in [-0.1, -0.05) is 12.1 Å². The molecule has 1 fully saturated rings. The van der Waals surface area contributed by atoms with Crippen molar-refractivity contribution in [3.8, 4) is 0 Å². The van der Waals surface area contributed by atoms with Gasteiger partial charge < -0.3 is 10.2 Å². The Morgan fingerprint density at radius 1 is 1.32 bits per heavy atom. The molecule has 2 aliphatic heterocycles. The molecule has 2 aliphatic rings. The molecule has 2 heterocycles. The number of para-hydroxylation sites is 1. The van der Waals surface area contributed by atoms with E-state index in [1.165, 1.54) is 12.0 Å². The Kier molecular flexibility index (Phi) is 3.45. The molecule has 102 valence electrons. The van der Waals surface area contributed by atoms with E-state index >= 15 is 0 Å². The van der Waals surface area contributed by atoms with Gasteiger partial charge in [-0.25, -0.2) is 0 Å². The maximum atomic E-state index is 12.8. The first-order valence-corrected chi connectivity index (χ1v) is 7.44. The average Bonchev–Trinajstić information content (AvgIpc) is 2.46. The minimum Gasteiger partial charge on any atom is -0.384 e. The van der Waals surface area contributed by atoms with Crippen LogP contribution in [0.3, 0.4) is 0 Å². The first kappa shape index (κ1) is 12.5. The molecule has 3 heteroatoms. The zero-order valence-corrected chi connectivity index (χ0v) is 11.6. The second-order valence-corrected chi connectivity index (χ2v) is 5.71. The molecule has 1 atom stereocenters. The van der Waals surface area contributed by atoms with Crippen molar-refractivity contribution in [2.24, 2.45) is 0 Å². The summed E-state index contributed by atoms with van der Waals surface area (Å²) in [6.07, 6.45) is 5.76. The van der Waals surface area contributed by atoms with Gasteiger partial charge in [0.1, 0.15) is 0 Å². The topological polar surface area (TPSA) is 32.3 Å². The number of nitrogens with one attached hydrogen (secondary N) is 1. The van der Waals surface area contributed by atoms with Gasteiger partial charge >= 0.3 is 0 Å². The molecule has 1 amide bonds. The number of rotatable bonds is 1. The predicted molar refractivity (Wildman–Crippen MR) is 77.6 cm³/mol. The number of hydrogen-bond acceptors (Lipinski definition) is 2. The highest BCUT2D eigenvalue weighted by Crippen LogP contribution is 2.28. The molecule has 0 spiro atoms. The zero-order valence-electron chi connectivity index (χ0n) is 11.6. The molecule has 1 N–H and O–H groups in total. The number of anilines is 1.